The lowest BCUT2D eigenvalue weighted by atomic mass is 9.92. The van der Waals surface area contributed by atoms with Gasteiger partial charge in [-0.2, -0.15) is 26.3 Å². The van der Waals surface area contributed by atoms with Crippen molar-refractivity contribution >= 4 is 28.9 Å². The first-order valence-corrected chi connectivity index (χ1v) is 12.7. The minimum atomic E-state index is -4.53. The Hall–Kier alpha value is -2.66. The molecule has 1 saturated carbocycles. The van der Waals surface area contributed by atoms with Gasteiger partial charge in [0, 0.05) is 43.6 Å². The summed E-state index contributed by atoms with van der Waals surface area (Å²) in [4.78, 5) is 16.3. The maximum atomic E-state index is 13.1. The molecule has 4 rings (SSSR count). The van der Waals surface area contributed by atoms with E-state index in [0.29, 0.717) is 63.2 Å². The molecule has 0 radical (unpaired) electrons. The van der Waals surface area contributed by atoms with Gasteiger partial charge in [-0.25, -0.2) is 0 Å². The molecule has 208 valence electrons. The van der Waals surface area contributed by atoms with Gasteiger partial charge in [0.2, 0.25) is 5.91 Å². The number of benzene rings is 2. The highest BCUT2D eigenvalue weighted by molar-refractivity contribution is 6.31. The monoisotopic (exact) mass is 563 g/mol. The molecule has 0 spiro atoms. The number of nitrogens with one attached hydrogen (secondary N) is 1. The Bertz CT molecular complexity index is 1090. The Kier molecular flexibility index (Phi) is 8.66. The largest absolute Gasteiger partial charge is 0.417 e. The van der Waals surface area contributed by atoms with E-state index in [9.17, 15) is 31.1 Å². The topological polar surface area (TPSA) is 44.8 Å². The number of piperazine rings is 1. The molecule has 1 heterocycles. The van der Waals surface area contributed by atoms with Crippen molar-refractivity contribution in [2.24, 2.45) is 0 Å². The van der Waals surface area contributed by atoms with Crippen molar-refractivity contribution < 1.29 is 35.9 Å². The Labute approximate surface area is 221 Å². The number of rotatable bonds is 6. The highest BCUT2D eigenvalue weighted by atomic mass is 35.5. The van der Waals surface area contributed by atoms with Crippen LogP contribution in [0, 0.1) is 0 Å². The average Bonchev–Trinajstić information content (AvgIpc) is 2.88. The summed E-state index contributed by atoms with van der Waals surface area (Å²) in [5.41, 5.74) is -0.533. The van der Waals surface area contributed by atoms with Gasteiger partial charge >= 0.3 is 12.4 Å². The second-order valence-electron chi connectivity index (χ2n) is 9.53. The number of hydrogen-bond acceptors (Lipinski definition) is 4. The van der Waals surface area contributed by atoms with E-state index in [-0.39, 0.29) is 29.7 Å². The third-order valence-corrected chi connectivity index (χ3v) is 7.28. The zero-order chi connectivity index (χ0) is 27.5. The van der Waals surface area contributed by atoms with E-state index in [4.69, 9.17) is 16.3 Å². The fraction of sp³-hybridized carbons (Fsp3) is 0.500. The number of alkyl halides is 6. The Morgan fingerprint density at radius 2 is 1.53 bits per heavy atom. The second kappa shape index (κ2) is 11.6. The molecule has 1 N–H and O–H groups in total. The first-order valence-electron chi connectivity index (χ1n) is 12.3. The standard InChI is InChI=1S/C26H28ClF6N3O2/c27-23-10-5-19(15-22(23)26(31,32)33)34-18-3-8-21(9-4-18)38-16-24(37)36-13-11-35(12-14-36)20-6-1-17(2-7-20)25(28,29)30/h1-2,5-7,10,15,18,21,34H,3-4,8-9,11-14,16H2/t18-,21-. The van der Waals surface area contributed by atoms with Crippen LogP contribution in [-0.2, 0) is 21.9 Å². The molecule has 1 aliphatic heterocycles. The smallest absolute Gasteiger partial charge is 0.382 e. The molecular weight excluding hydrogens is 536 g/mol. The van der Waals surface area contributed by atoms with Crippen molar-refractivity contribution in [2.45, 2.75) is 50.2 Å². The summed E-state index contributed by atoms with van der Waals surface area (Å²) in [6, 6.07) is 8.76. The number of halogens is 7. The van der Waals surface area contributed by atoms with Gasteiger partial charge < -0.3 is 19.9 Å². The molecule has 0 bridgehead atoms. The molecule has 38 heavy (non-hydrogen) atoms. The van der Waals surface area contributed by atoms with Crippen LogP contribution in [0.3, 0.4) is 0 Å². The highest BCUT2D eigenvalue weighted by Crippen LogP contribution is 2.37. The number of amides is 1. The summed E-state index contributed by atoms with van der Waals surface area (Å²) in [6.07, 6.45) is -6.29. The van der Waals surface area contributed by atoms with Crippen molar-refractivity contribution in [3.63, 3.8) is 0 Å². The molecule has 0 aromatic heterocycles. The molecule has 0 atom stereocenters. The number of carbonyl (C=O) groups is 1. The van der Waals surface area contributed by atoms with Crippen molar-refractivity contribution in [3.05, 3.63) is 58.6 Å². The predicted molar refractivity (Wildman–Crippen MR) is 132 cm³/mol. The van der Waals surface area contributed by atoms with Gasteiger partial charge in [-0.15, -0.1) is 0 Å². The third kappa shape index (κ3) is 7.25. The molecule has 1 aliphatic carbocycles. The van der Waals surface area contributed by atoms with Gasteiger partial charge in [0.15, 0.2) is 0 Å². The second-order valence-corrected chi connectivity index (χ2v) is 9.94. The van der Waals surface area contributed by atoms with Crippen LogP contribution in [0.25, 0.3) is 0 Å². The van der Waals surface area contributed by atoms with Crippen LogP contribution in [0.2, 0.25) is 5.02 Å². The van der Waals surface area contributed by atoms with Crippen molar-refractivity contribution in [1.29, 1.82) is 0 Å². The van der Waals surface area contributed by atoms with Crippen LogP contribution in [0.15, 0.2) is 42.5 Å². The number of anilines is 2. The minimum absolute atomic E-state index is 0.00825. The summed E-state index contributed by atoms with van der Waals surface area (Å²) in [5.74, 6) is -0.141. The Morgan fingerprint density at radius 3 is 2.11 bits per heavy atom. The normalized spacial score (nSPS) is 20.9. The molecule has 2 aromatic rings. The van der Waals surface area contributed by atoms with Crippen LogP contribution < -0.4 is 10.2 Å². The summed E-state index contributed by atoms with van der Waals surface area (Å²) in [5, 5.41) is 2.79. The number of hydrogen-bond donors (Lipinski definition) is 1. The Morgan fingerprint density at radius 1 is 0.895 bits per heavy atom. The van der Waals surface area contributed by atoms with Crippen LogP contribution >= 0.6 is 11.6 Å². The van der Waals surface area contributed by atoms with Crippen LogP contribution in [0.4, 0.5) is 37.7 Å². The van der Waals surface area contributed by atoms with Gasteiger partial charge in [0.05, 0.1) is 22.3 Å². The zero-order valence-electron chi connectivity index (χ0n) is 20.4. The number of carbonyl (C=O) groups excluding carboxylic acids is 1. The van der Waals surface area contributed by atoms with Gasteiger partial charge in [-0.05, 0) is 68.1 Å². The van der Waals surface area contributed by atoms with E-state index in [1.807, 2.05) is 4.90 Å². The molecule has 0 unspecified atom stereocenters. The molecule has 2 fully saturated rings. The maximum absolute atomic E-state index is 13.1. The minimum Gasteiger partial charge on any atom is -0.382 e. The summed E-state index contributed by atoms with van der Waals surface area (Å²) in [6.45, 7) is 1.85. The van der Waals surface area contributed by atoms with Gasteiger partial charge in [0.25, 0.3) is 0 Å². The highest BCUT2D eigenvalue weighted by Gasteiger charge is 2.34. The van der Waals surface area contributed by atoms with Crippen molar-refractivity contribution in [1.82, 2.24) is 4.90 Å². The fourth-order valence-electron chi connectivity index (χ4n) is 4.80. The van der Waals surface area contributed by atoms with Crippen LogP contribution in [0.1, 0.15) is 36.8 Å². The quantitative estimate of drug-likeness (QED) is 0.410. The molecule has 5 nitrogen and oxygen atoms in total. The van der Waals surface area contributed by atoms with E-state index in [1.165, 1.54) is 24.3 Å². The Balaban J connectivity index is 1.17. The van der Waals surface area contributed by atoms with Gasteiger partial charge in [-0.3, -0.25) is 4.79 Å². The maximum Gasteiger partial charge on any atom is 0.417 e. The number of ether oxygens (including phenoxy) is 1. The first-order chi connectivity index (χ1) is 17.9. The first kappa shape index (κ1) is 28.4. The SMILES string of the molecule is O=C(CO[C@H]1CC[C@H](Nc2ccc(Cl)c(C(F)(F)F)c2)CC1)N1CCN(c2ccc(C(F)(F)F)cc2)CC1. The third-order valence-electron chi connectivity index (χ3n) is 6.95. The lowest BCUT2D eigenvalue weighted by Gasteiger charge is -2.36. The lowest BCUT2D eigenvalue weighted by Crippen LogP contribution is -2.50. The van der Waals surface area contributed by atoms with Gasteiger partial charge in [-0.1, -0.05) is 11.6 Å². The predicted octanol–water partition coefficient (Wildman–Crippen LogP) is 6.47. The van der Waals surface area contributed by atoms with E-state index < -0.39 is 23.5 Å². The molecule has 1 saturated heterocycles. The zero-order valence-corrected chi connectivity index (χ0v) is 21.2. The molecule has 1 amide bonds. The van der Waals surface area contributed by atoms with Gasteiger partial charge in [0.1, 0.15) is 6.61 Å². The summed E-state index contributed by atoms with van der Waals surface area (Å²) in [7, 11) is 0. The van der Waals surface area contributed by atoms with E-state index in [1.54, 1.807) is 4.90 Å². The van der Waals surface area contributed by atoms with E-state index in [2.05, 4.69) is 5.32 Å². The average molecular weight is 564 g/mol. The van der Waals surface area contributed by atoms with Crippen molar-refractivity contribution in [2.75, 3.05) is 43.0 Å². The lowest BCUT2D eigenvalue weighted by molar-refractivity contribution is -0.139. The van der Waals surface area contributed by atoms with Crippen molar-refractivity contribution in [3.8, 4) is 0 Å². The molecule has 12 heteroatoms. The molecular formula is C26H28ClF6N3O2. The van der Waals surface area contributed by atoms with Crippen LogP contribution in [-0.4, -0.2) is 55.7 Å². The number of nitrogens with zero attached hydrogens (tertiary/aromatic N) is 2. The molecule has 2 aromatic carbocycles. The molecule has 2 aliphatic rings. The summed E-state index contributed by atoms with van der Waals surface area (Å²) < 4.78 is 83.4. The summed E-state index contributed by atoms with van der Waals surface area (Å²) >= 11 is 5.68. The van der Waals surface area contributed by atoms with E-state index in [0.717, 1.165) is 18.2 Å². The fourth-order valence-corrected chi connectivity index (χ4v) is 5.02. The van der Waals surface area contributed by atoms with E-state index >= 15 is 0 Å². The van der Waals surface area contributed by atoms with Crippen LogP contribution in [0.5, 0.6) is 0 Å².